The van der Waals surface area contributed by atoms with Gasteiger partial charge in [-0.2, -0.15) is 0 Å². The van der Waals surface area contributed by atoms with E-state index in [1.54, 1.807) is 36.4 Å². The molecule has 28 heavy (non-hydrogen) atoms. The first-order valence-electron chi connectivity index (χ1n) is 8.24. The number of carboxylic acids is 1. The minimum absolute atomic E-state index is 0.0290. The Balaban J connectivity index is 1.70. The predicted molar refractivity (Wildman–Crippen MR) is 103 cm³/mol. The number of carbonyl (C=O) groups is 3. The second-order valence-electron chi connectivity index (χ2n) is 6.03. The van der Waals surface area contributed by atoms with Crippen molar-refractivity contribution >= 4 is 35.1 Å². The number of benzene rings is 3. The van der Waals surface area contributed by atoms with Crippen LogP contribution in [0, 0.1) is 0 Å². The van der Waals surface area contributed by atoms with Gasteiger partial charge in [0.15, 0.2) is 0 Å². The van der Waals surface area contributed by atoms with Gasteiger partial charge in [-0.1, -0.05) is 23.7 Å². The fraction of sp³-hybridized carbons (Fsp3) is 0. The second-order valence-corrected chi connectivity index (χ2v) is 6.47. The molecular formula is C21H12ClNO5. The maximum atomic E-state index is 12.9. The highest BCUT2D eigenvalue weighted by Gasteiger charge is 2.38. The first-order valence-corrected chi connectivity index (χ1v) is 8.62. The van der Waals surface area contributed by atoms with Gasteiger partial charge in [0.05, 0.1) is 22.4 Å². The standard InChI is InChI=1S/C21H12ClNO5/c22-12-5-7-13(8-6-12)28-14-9-10-15-17(11-14)20(25)23(19(15)24)18-4-2-1-3-16(18)21(26)27/h1-11H,(H,26,27). The number of anilines is 1. The molecule has 1 aliphatic heterocycles. The number of halogens is 1. The zero-order chi connectivity index (χ0) is 19.8. The maximum Gasteiger partial charge on any atom is 0.337 e. The normalized spacial score (nSPS) is 12.8. The summed E-state index contributed by atoms with van der Waals surface area (Å²) >= 11 is 5.85. The van der Waals surface area contributed by atoms with Crippen molar-refractivity contribution in [2.45, 2.75) is 0 Å². The van der Waals surface area contributed by atoms with Crippen LogP contribution in [0.4, 0.5) is 5.69 Å². The van der Waals surface area contributed by atoms with Gasteiger partial charge < -0.3 is 9.84 Å². The molecule has 0 atom stereocenters. The van der Waals surface area contributed by atoms with Crippen LogP contribution in [0.15, 0.2) is 66.7 Å². The Kier molecular flexibility index (Phi) is 4.33. The summed E-state index contributed by atoms with van der Waals surface area (Å²) in [6, 6.07) is 17.1. The number of fused-ring (bicyclic) bond motifs is 1. The highest BCUT2D eigenvalue weighted by Crippen LogP contribution is 2.34. The van der Waals surface area contributed by atoms with E-state index < -0.39 is 17.8 Å². The third kappa shape index (κ3) is 3.00. The van der Waals surface area contributed by atoms with E-state index in [1.807, 2.05) is 0 Å². The number of para-hydroxylation sites is 1. The summed E-state index contributed by atoms with van der Waals surface area (Å²) < 4.78 is 5.71. The summed E-state index contributed by atoms with van der Waals surface area (Å²) in [5.41, 5.74) is 0.237. The third-order valence-corrected chi connectivity index (χ3v) is 4.53. The minimum Gasteiger partial charge on any atom is -0.478 e. The number of amides is 2. The monoisotopic (exact) mass is 393 g/mol. The van der Waals surface area contributed by atoms with Gasteiger partial charge in [-0.15, -0.1) is 0 Å². The Morgan fingerprint density at radius 1 is 0.857 bits per heavy atom. The number of imide groups is 1. The lowest BCUT2D eigenvalue weighted by molar-refractivity contribution is 0.0698. The van der Waals surface area contributed by atoms with Gasteiger partial charge in [0.1, 0.15) is 11.5 Å². The molecule has 0 unspecified atom stereocenters. The average molecular weight is 394 g/mol. The highest BCUT2D eigenvalue weighted by atomic mass is 35.5. The Morgan fingerprint density at radius 2 is 1.50 bits per heavy atom. The van der Waals surface area contributed by atoms with Crippen LogP contribution in [0.5, 0.6) is 11.5 Å². The van der Waals surface area contributed by atoms with Crippen molar-refractivity contribution in [3.05, 3.63) is 88.4 Å². The van der Waals surface area contributed by atoms with Gasteiger partial charge in [-0.05, 0) is 54.6 Å². The smallest absolute Gasteiger partial charge is 0.337 e. The summed E-state index contributed by atoms with van der Waals surface area (Å²) in [6.45, 7) is 0. The SMILES string of the molecule is O=C(O)c1ccccc1N1C(=O)c2ccc(Oc3ccc(Cl)cc3)cc2C1=O. The molecule has 6 nitrogen and oxygen atoms in total. The van der Waals surface area contributed by atoms with Crippen molar-refractivity contribution in [3.63, 3.8) is 0 Å². The fourth-order valence-corrected chi connectivity index (χ4v) is 3.12. The molecule has 1 heterocycles. The van der Waals surface area contributed by atoms with E-state index in [-0.39, 0.29) is 22.4 Å². The van der Waals surface area contributed by atoms with Gasteiger partial charge in [0.25, 0.3) is 11.8 Å². The van der Waals surface area contributed by atoms with Crippen LogP contribution in [0.1, 0.15) is 31.1 Å². The van der Waals surface area contributed by atoms with Gasteiger partial charge in [-0.25, -0.2) is 9.69 Å². The molecular weight excluding hydrogens is 382 g/mol. The molecule has 2 amide bonds. The Labute approximate surface area is 164 Å². The van der Waals surface area contributed by atoms with Gasteiger partial charge >= 0.3 is 5.97 Å². The molecule has 0 spiro atoms. The number of hydrogen-bond acceptors (Lipinski definition) is 4. The number of hydrogen-bond donors (Lipinski definition) is 1. The molecule has 1 aliphatic rings. The number of rotatable bonds is 4. The molecule has 1 N–H and O–H groups in total. The number of aromatic carboxylic acids is 1. The van der Waals surface area contributed by atoms with Crippen LogP contribution in [-0.2, 0) is 0 Å². The van der Waals surface area contributed by atoms with Crippen molar-refractivity contribution in [2.24, 2.45) is 0 Å². The lowest BCUT2D eigenvalue weighted by Crippen LogP contribution is -2.30. The number of carboxylic acid groups (broad SMARTS) is 1. The Hall–Kier alpha value is -3.64. The molecule has 138 valence electrons. The molecule has 0 aromatic heterocycles. The summed E-state index contributed by atoms with van der Waals surface area (Å²) in [4.78, 5) is 38.0. The molecule has 0 saturated heterocycles. The van der Waals surface area contributed by atoms with Crippen molar-refractivity contribution < 1.29 is 24.2 Å². The van der Waals surface area contributed by atoms with E-state index in [1.165, 1.54) is 30.3 Å². The van der Waals surface area contributed by atoms with Crippen LogP contribution in [0.25, 0.3) is 0 Å². The van der Waals surface area contributed by atoms with E-state index in [4.69, 9.17) is 16.3 Å². The summed E-state index contributed by atoms with van der Waals surface area (Å²) in [5.74, 6) is -1.51. The summed E-state index contributed by atoms with van der Waals surface area (Å²) in [6.07, 6.45) is 0. The van der Waals surface area contributed by atoms with Crippen molar-refractivity contribution in [1.29, 1.82) is 0 Å². The topological polar surface area (TPSA) is 83.9 Å². The third-order valence-electron chi connectivity index (χ3n) is 4.28. The van der Waals surface area contributed by atoms with E-state index in [0.717, 1.165) is 4.90 Å². The van der Waals surface area contributed by atoms with Crippen molar-refractivity contribution in [3.8, 4) is 11.5 Å². The fourth-order valence-electron chi connectivity index (χ4n) is 2.99. The molecule has 4 rings (SSSR count). The van der Waals surface area contributed by atoms with E-state index in [2.05, 4.69) is 0 Å². The van der Waals surface area contributed by atoms with E-state index >= 15 is 0 Å². The first-order chi connectivity index (χ1) is 13.5. The summed E-state index contributed by atoms with van der Waals surface area (Å²) in [5, 5.41) is 9.93. The molecule has 3 aromatic carbocycles. The largest absolute Gasteiger partial charge is 0.478 e. The molecule has 0 aliphatic carbocycles. The van der Waals surface area contributed by atoms with Crippen LogP contribution < -0.4 is 9.64 Å². The lowest BCUT2D eigenvalue weighted by Gasteiger charge is -2.16. The van der Waals surface area contributed by atoms with Gasteiger partial charge in [-0.3, -0.25) is 9.59 Å². The quantitative estimate of drug-likeness (QED) is 0.653. The molecule has 0 bridgehead atoms. The van der Waals surface area contributed by atoms with Gasteiger partial charge in [0.2, 0.25) is 0 Å². The average Bonchev–Trinajstić information content (AvgIpc) is 2.93. The van der Waals surface area contributed by atoms with Crippen molar-refractivity contribution in [2.75, 3.05) is 4.90 Å². The molecule has 0 radical (unpaired) electrons. The van der Waals surface area contributed by atoms with Gasteiger partial charge in [0, 0.05) is 5.02 Å². The second kappa shape index (κ2) is 6.83. The molecule has 3 aromatic rings. The zero-order valence-electron chi connectivity index (χ0n) is 14.3. The Morgan fingerprint density at radius 3 is 2.21 bits per heavy atom. The maximum absolute atomic E-state index is 12.9. The molecule has 0 saturated carbocycles. The van der Waals surface area contributed by atoms with Crippen LogP contribution >= 0.6 is 11.6 Å². The molecule has 7 heteroatoms. The zero-order valence-corrected chi connectivity index (χ0v) is 15.0. The van der Waals surface area contributed by atoms with E-state index in [9.17, 15) is 19.5 Å². The summed E-state index contributed by atoms with van der Waals surface area (Å²) in [7, 11) is 0. The van der Waals surface area contributed by atoms with E-state index in [0.29, 0.717) is 16.5 Å². The van der Waals surface area contributed by atoms with Crippen LogP contribution in [0.3, 0.4) is 0 Å². The lowest BCUT2D eigenvalue weighted by atomic mass is 10.1. The van der Waals surface area contributed by atoms with Crippen molar-refractivity contribution in [1.82, 2.24) is 0 Å². The number of carbonyl (C=O) groups excluding carboxylic acids is 2. The predicted octanol–water partition coefficient (Wildman–Crippen LogP) is 4.63. The molecule has 0 fully saturated rings. The first kappa shape index (κ1) is 17.8. The number of ether oxygens (including phenoxy) is 1. The van der Waals surface area contributed by atoms with Crippen LogP contribution in [-0.4, -0.2) is 22.9 Å². The Bertz CT molecular complexity index is 1120. The van der Waals surface area contributed by atoms with Crippen LogP contribution in [0.2, 0.25) is 5.02 Å². The highest BCUT2D eigenvalue weighted by molar-refractivity contribution is 6.35. The number of nitrogens with zero attached hydrogens (tertiary/aromatic N) is 1. The minimum atomic E-state index is -1.22.